The zero-order valence-electron chi connectivity index (χ0n) is 11.0. The van der Waals surface area contributed by atoms with Gasteiger partial charge in [-0.2, -0.15) is 0 Å². The molecule has 0 aliphatic carbocycles. The molecule has 102 valence electrons. The van der Waals surface area contributed by atoms with Gasteiger partial charge in [-0.3, -0.25) is 4.79 Å². The number of aryl methyl sites for hydroxylation is 1. The first-order valence-corrected chi connectivity index (χ1v) is 6.85. The number of carbonyl (C=O) groups is 1. The van der Waals surface area contributed by atoms with Crippen molar-refractivity contribution >= 4 is 23.6 Å². The molecule has 0 radical (unpaired) electrons. The molecule has 1 heterocycles. The fourth-order valence-corrected chi connectivity index (χ4v) is 2.33. The molecule has 1 N–H and O–H groups in total. The van der Waals surface area contributed by atoms with Crippen molar-refractivity contribution in [3.63, 3.8) is 0 Å². The Kier molecular flexibility index (Phi) is 4.61. The number of β-amino-alcohol motifs (C(OH)–C–C–N with tert-alkyl or cyclic N) is 1. The summed E-state index contributed by atoms with van der Waals surface area (Å²) in [6.07, 6.45) is 4.55. The summed E-state index contributed by atoms with van der Waals surface area (Å²) in [6.45, 7) is 3.09. The Morgan fingerprint density at radius 3 is 3.00 bits per heavy atom. The average molecular weight is 280 g/mol. The Bertz CT molecular complexity index is 499. The Morgan fingerprint density at radius 1 is 1.53 bits per heavy atom. The van der Waals surface area contributed by atoms with Gasteiger partial charge >= 0.3 is 0 Å². The van der Waals surface area contributed by atoms with Crippen LogP contribution in [0.2, 0.25) is 5.02 Å². The van der Waals surface area contributed by atoms with E-state index < -0.39 is 0 Å². The third-order valence-corrected chi connectivity index (χ3v) is 3.73. The van der Waals surface area contributed by atoms with Crippen LogP contribution in [-0.4, -0.2) is 35.1 Å². The van der Waals surface area contributed by atoms with E-state index in [-0.39, 0.29) is 12.0 Å². The average Bonchev–Trinajstić information content (AvgIpc) is 2.40. The van der Waals surface area contributed by atoms with Gasteiger partial charge in [0.1, 0.15) is 0 Å². The third-order valence-electron chi connectivity index (χ3n) is 3.32. The van der Waals surface area contributed by atoms with Gasteiger partial charge in [-0.15, -0.1) is 0 Å². The van der Waals surface area contributed by atoms with E-state index in [9.17, 15) is 9.90 Å². The van der Waals surface area contributed by atoms with Crippen molar-refractivity contribution in [2.45, 2.75) is 25.9 Å². The van der Waals surface area contributed by atoms with E-state index in [4.69, 9.17) is 11.6 Å². The molecule has 0 bridgehead atoms. The molecule has 1 unspecified atom stereocenters. The number of nitrogens with zero attached hydrogens (tertiary/aromatic N) is 1. The molecule has 3 nitrogen and oxygen atoms in total. The van der Waals surface area contributed by atoms with Crippen LogP contribution in [-0.2, 0) is 4.79 Å². The van der Waals surface area contributed by atoms with Crippen molar-refractivity contribution in [3.05, 3.63) is 40.4 Å². The smallest absolute Gasteiger partial charge is 0.246 e. The van der Waals surface area contributed by atoms with Crippen molar-refractivity contribution in [3.8, 4) is 0 Å². The molecule has 1 aromatic rings. The summed E-state index contributed by atoms with van der Waals surface area (Å²) in [5.41, 5.74) is 1.92. The quantitative estimate of drug-likeness (QED) is 0.846. The summed E-state index contributed by atoms with van der Waals surface area (Å²) in [5, 5.41) is 10.2. The highest BCUT2D eigenvalue weighted by Crippen LogP contribution is 2.18. The number of rotatable bonds is 2. The fraction of sp³-hybridized carbons (Fsp3) is 0.400. The monoisotopic (exact) mass is 279 g/mol. The Morgan fingerprint density at radius 2 is 2.32 bits per heavy atom. The van der Waals surface area contributed by atoms with Gasteiger partial charge in [0.15, 0.2) is 0 Å². The summed E-state index contributed by atoms with van der Waals surface area (Å²) in [7, 11) is 0. The van der Waals surface area contributed by atoms with Crippen LogP contribution >= 0.6 is 11.6 Å². The first-order valence-electron chi connectivity index (χ1n) is 6.47. The van der Waals surface area contributed by atoms with E-state index in [2.05, 4.69) is 0 Å². The highest BCUT2D eigenvalue weighted by Gasteiger charge is 2.20. The van der Waals surface area contributed by atoms with Crippen LogP contribution in [0.25, 0.3) is 6.08 Å². The predicted octanol–water partition coefficient (Wildman–Crippen LogP) is 2.64. The second-order valence-electron chi connectivity index (χ2n) is 4.92. The largest absolute Gasteiger partial charge is 0.391 e. The molecule has 1 amide bonds. The lowest BCUT2D eigenvalue weighted by molar-refractivity contribution is -0.128. The molecule has 1 atom stereocenters. The molecular weight excluding hydrogens is 262 g/mol. The van der Waals surface area contributed by atoms with Gasteiger partial charge in [0.2, 0.25) is 5.91 Å². The molecule has 19 heavy (non-hydrogen) atoms. The van der Waals surface area contributed by atoms with E-state index in [1.54, 1.807) is 17.1 Å². The van der Waals surface area contributed by atoms with Gasteiger partial charge in [-0.1, -0.05) is 23.7 Å². The minimum Gasteiger partial charge on any atom is -0.391 e. The highest BCUT2D eigenvalue weighted by molar-refractivity contribution is 6.31. The number of aliphatic hydroxyl groups is 1. The first kappa shape index (κ1) is 14.1. The standard InChI is InChI=1S/C15H18ClNO2/c1-11-4-5-12(9-14(11)16)6-7-15(19)17-8-2-3-13(18)10-17/h4-7,9,13,18H,2-3,8,10H2,1H3/b7-6+. The Balaban J connectivity index is 2.01. The number of amides is 1. The molecule has 0 aromatic heterocycles. The van der Waals surface area contributed by atoms with E-state index in [0.717, 1.165) is 30.5 Å². The summed E-state index contributed by atoms with van der Waals surface area (Å²) in [4.78, 5) is 13.6. The van der Waals surface area contributed by atoms with Gasteiger partial charge in [0.25, 0.3) is 0 Å². The zero-order valence-corrected chi connectivity index (χ0v) is 11.7. The lowest BCUT2D eigenvalue weighted by Gasteiger charge is -2.29. The summed E-state index contributed by atoms with van der Waals surface area (Å²) in [6, 6.07) is 5.69. The number of benzene rings is 1. The Hall–Kier alpha value is -1.32. The first-order chi connectivity index (χ1) is 9.06. The summed E-state index contributed by atoms with van der Waals surface area (Å²) in [5.74, 6) is -0.0598. The van der Waals surface area contributed by atoms with E-state index in [1.807, 2.05) is 25.1 Å². The SMILES string of the molecule is Cc1ccc(/C=C/C(=O)N2CCCC(O)C2)cc1Cl. The minimum atomic E-state index is -0.389. The predicted molar refractivity (Wildman–Crippen MR) is 77.0 cm³/mol. The number of likely N-dealkylation sites (tertiary alicyclic amines) is 1. The number of piperidine rings is 1. The van der Waals surface area contributed by atoms with Gasteiger partial charge in [0, 0.05) is 24.2 Å². The van der Waals surface area contributed by atoms with Crippen LogP contribution in [0.4, 0.5) is 0 Å². The van der Waals surface area contributed by atoms with Crippen molar-refractivity contribution < 1.29 is 9.90 Å². The summed E-state index contributed by atoms with van der Waals surface area (Å²) >= 11 is 6.03. The highest BCUT2D eigenvalue weighted by atomic mass is 35.5. The molecule has 4 heteroatoms. The van der Waals surface area contributed by atoms with Crippen LogP contribution in [0.1, 0.15) is 24.0 Å². The number of carbonyl (C=O) groups excluding carboxylic acids is 1. The lowest BCUT2D eigenvalue weighted by atomic mass is 10.1. The molecule has 2 rings (SSSR count). The molecule has 1 fully saturated rings. The number of hydrogen-bond donors (Lipinski definition) is 1. The topological polar surface area (TPSA) is 40.5 Å². The fourth-order valence-electron chi connectivity index (χ4n) is 2.14. The normalized spacial score (nSPS) is 19.9. The minimum absolute atomic E-state index is 0.0598. The molecular formula is C15H18ClNO2. The maximum atomic E-state index is 12.0. The van der Waals surface area contributed by atoms with Crippen molar-refractivity contribution in [2.24, 2.45) is 0 Å². The third kappa shape index (κ3) is 3.82. The van der Waals surface area contributed by atoms with E-state index in [1.165, 1.54) is 0 Å². The van der Waals surface area contributed by atoms with Crippen LogP contribution in [0.15, 0.2) is 24.3 Å². The molecule has 0 spiro atoms. The van der Waals surface area contributed by atoms with Crippen LogP contribution < -0.4 is 0 Å². The maximum absolute atomic E-state index is 12.0. The number of aliphatic hydroxyl groups excluding tert-OH is 1. The molecule has 1 aliphatic rings. The second kappa shape index (κ2) is 6.22. The number of hydrogen-bond acceptors (Lipinski definition) is 2. The van der Waals surface area contributed by atoms with Gasteiger partial charge in [0.05, 0.1) is 6.10 Å². The second-order valence-corrected chi connectivity index (χ2v) is 5.33. The van der Waals surface area contributed by atoms with Crippen LogP contribution in [0.5, 0.6) is 0 Å². The van der Waals surface area contributed by atoms with Crippen LogP contribution in [0, 0.1) is 6.92 Å². The Labute approximate surface area is 118 Å². The van der Waals surface area contributed by atoms with E-state index >= 15 is 0 Å². The molecule has 0 saturated carbocycles. The summed E-state index contributed by atoms with van der Waals surface area (Å²) < 4.78 is 0. The van der Waals surface area contributed by atoms with Crippen molar-refractivity contribution in [2.75, 3.05) is 13.1 Å². The van der Waals surface area contributed by atoms with Gasteiger partial charge in [-0.05, 0) is 43.0 Å². The maximum Gasteiger partial charge on any atom is 0.246 e. The molecule has 1 saturated heterocycles. The van der Waals surface area contributed by atoms with Gasteiger partial charge in [-0.25, -0.2) is 0 Å². The van der Waals surface area contributed by atoms with Gasteiger partial charge < -0.3 is 10.0 Å². The van der Waals surface area contributed by atoms with Crippen molar-refractivity contribution in [1.82, 2.24) is 4.90 Å². The molecule has 1 aliphatic heterocycles. The lowest BCUT2D eigenvalue weighted by Crippen LogP contribution is -2.41. The van der Waals surface area contributed by atoms with Crippen molar-refractivity contribution in [1.29, 1.82) is 0 Å². The van der Waals surface area contributed by atoms with E-state index in [0.29, 0.717) is 11.6 Å². The van der Waals surface area contributed by atoms with Crippen LogP contribution in [0.3, 0.4) is 0 Å². The zero-order chi connectivity index (χ0) is 13.8. The number of halogens is 1. The molecule has 1 aromatic carbocycles.